The lowest BCUT2D eigenvalue weighted by Gasteiger charge is -2.51. The minimum absolute atomic E-state index is 0.0000638. The van der Waals surface area contributed by atoms with Crippen molar-refractivity contribution >= 4 is 31.5 Å². The highest BCUT2D eigenvalue weighted by Gasteiger charge is 2.65. The van der Waals surface area contributed by atoms with Gasteiger partial charge >= 0.3 is 0 Å². The van der Waals surface area contributed by atoms with Gasteiger partial charge in [0.1, 0.15) is 24.3 Å². The molecule has 0 spiro atoms. The number of carbonyl (C=O) groups is 4. The zero-order chi connectivity index (χ0) is 44.1. The first kappa shape index (κ1) is 43.8. The molecule has 14 nitrogen and oxygen atoms in total. The minimum Gasteiger partial charge on any atom is -0.470 e. The Labute approximate surface area is 356 Å². The van der Waals surface area contributed by atoms with Crippen LogP contribution in [0.15, 0.2) is 94.0 Å². The standard InChI is InChI=1S/C26H34N2O5Si.C20H20N2O5/c1-25(2,3)34(6,7)33-26-18(14-11-15-19(26)29)21(28(4)5)22-20(23(26)30)24(27-32-22)31-16-17-12-9-8-10-13-17;1-22(2)16-13-9-6-10-14(23)20(13,25)18(24)15-17(16)27-21-19(15)26-11-12-7-4-3-5-8-12/h8-13,15,18,21H,14,16H2,1-7H3;3-8,10,13,16,25H,9,11H2,1-2H3/t18-,21-,26-;13-,16+,20-/m00/s1. The molecule has 6 atom stereocenters. The van der Waals surface area contributed by atoms with Gasteiger partial charge in [0.15, 0.2) is 42.6 Å². The monoisotopic (exact) mass is 850 g/mol. The van der Waals surface area contributed by atoms with E-state index in [1.807, 2.05) is 90.6 Å². The highest BCUT2D eigenvalue weighted by molar-refractivity contribution is 6.74. The summed E-state index contributed by atoms with van der Waals surface area (Å²) in [5.41, 5.74) is -1.66. The molecular weight excluding hydrogens is 797 g/mol. The summed E-state index contributed by atoms with van der Waals surface area (Å²) in [4.78, 5) is 57.3. The predicted molar refractivity (Wildman–Crippen MR) is 227 cm³/mol. The van der Waals surface area contributed by atoms with Crippen LogP contribution >= 0.6 is 0 Å². The molecule has 4 aromatic rings. The Balaban J connectivity index is 0.000000189. The van der Waals surface area contributed by atoms with Crippen molar-refractivity contribution in [2.24, 2.45) is 11.8 Å². The topological polar surface area (TPSA) is 175 Å². The van der Waals surface area contributed by atoms with Crippen LogP contribution in [0.5, 0.6) is 11.8 Å². The van der Waals surface area contributed by atoms with Crippen molar-refractivity contribution in [3.05, 3.63) is 119 Å². The van der Waals surface area contributed by atoms with Gasteiger partial charge in [0.05, 0.1) is 12.1 Å². The maximum absolute atomic E-state index is 14.3. The number of Topliss-reactive ketones (excluding diaryl/α,β-unsaturated/α-hetero) is 2. The van der Waals surface area contributed by atoms with Gasteiger partial charge in [0.2, 0.25) is 11.6 Å². The van der Waals surface area contributed by atoms with Crippen molar-refractivity contribution in [1.82, 2.24) is 20.1 Å². The first-order valence-corrected chi connectivity index (χ1v) is 23.3. The molecule has 0 unspecified atom stereocenters. The van der Waals surface area contributed by atoms with E-state index in [4.69, 9.17) is 22.9 Å². The number of allylic oxidation sites excluding steroid dienone is 2. The van der Waals surface area contributed by atoms with Crippen LogP contribution in [0.25, 0.3) is 0 Å². The van der Waals surface area contributed by atoms with Crippen molar-refractivity contribution < 1.29 is 47.2 Å². The van der Waals surface area contributed by atoms with Gasteiger partial charge in [0.25, 0.3) is 11.8 Å². The van der Waals surface area contributed by atoms with E-state index >= 15 is 0 Å². The number of aliphatic hydroxyl groups is 1. The lowest BCUT2D eigenvalue weighted by molar-refractivity contribution is -0.137. The first-order valence-electron chi connectivity index (χ1n) is 20.4. The lowest BCUT2D eigenvalue weighted by atomic mass is 9.65. The normalized spacial score (nSPS) is 25.7. The van der Waals surface area contributed by atoms with E-state index in [1.165, 1.54) is 12.2 Å². The molecule has 2 aromatic carbocycles. The number of carbonyl (C=O) groups excluding carboxylic acids is 4. The molecule has 0 bridgehead atoms. The Hall–Kier alpha value is -5.32. The number of benzene rings is 2. The first-order chi connectivity index (χ1) is 28.8. The number of ether oxygens (including phenoxy) is 2. The van der Waals surface area contributed by atoms with Gasteiger partial charge in [-0.15, -0.1) is 0 Å². The molecule has 0 fully saturated rings. The van der Waals surface area contributed by atoms with E-state index in [-0.39, 0.29) is 53.0 Å². The van der Waals surface area contributed by atoms with Gasteiger partial charge in [0, 0.05) is 11.8 Å². The molecular formula is C46H54N4O10Si. The number of ketones is 4. The van der Waals surface area contributed by atoms with Gasteiger partial charge in [-0.1, -0.05) is 93.6 Å². The average Bonchev–Trinajstić information content (AvgIpc) is 3.83. The van der Waals surface area contributed by atoms with Gasteiger partial charge < -0.3 is 28.1 Å². The molecule has 0 amide bonds. The zero-order valence-corrected chi connectivity index (χ0v) is 37.1. The quantitative estimate of drug-likeness (QED) is 0.129. The molecule has 2 heterocycles. The molecule has 0 radical (unpaired) electrons. The number of rotatable bonds is 10. The molecule has 2 aromatic heterocycles. The zero-order valence-electron chi connectivity index (χ0n) is 36.1. The number of aromatic nitrogens is 2. The molecule has 0 saturated carbocycles. The fourth-order valence-corrected chi connectivity index (χ4v) is 10.0. The minimum atomic E-state index is -2.53. The van der Waals surface area contributed by atoms with E-state index in [2.05, 4.69) is 44.2 Å². The molecule has 0 aliphatic heterocycles. The number of fused-ring (bicyclic) bond motifs is 4. The van der Waals surface area contributed by atoms with Crippen molar-refractivity contribution in [1.29, 1.82) is 0 Å². The molecule has 61 heavy (non-hydrogen) atoms. The lowest BCUT2D eigenvalue weighted by Crippen LogP contribution is -2.65. The summed E-state index contributed by atoms with van der Waals surface area (Å²) in [6.07, 6.45) is 7.19. The molecule has 8 rings (SSSR count). The second-order valence-electron chi connectivity index (χ2n) is 18.1. The van der Waals surface area contributed by atoms with Crippen LogP contribution in [0.4, 0.5) is 0 Å². The number of hydrogen-bond donors (Lipinski definition) is 1. The fourth-order valence-electron chi connectivity index (χ4n) is 8.57. The van der Waals surface area contributed by atoms with Crippen LogP contribution in [-0.4, -0.2) is 96.1 Å². The third kappa shape index (κ3) is 7.56. The Bertz CT molecular complexity index is 2360. The molecule has 4 aliphatic carbocycles. The summed E-state index contributed by atoms with van der Waals surface area (Å²) in [6, 6.07) is 18.2. The Morgan fingerprint density at radius 3 is 1.62 bits per heavy atom. The largest absolute Gasteiger partial charge is 0.470 e. The average molecular weight is 851 g/mol. The van der Waals surface area contributed by atoms with Gasteiger partial charge in [-0.25, -0.2) is 0 Å². The smallest absolute Gasteiger partial charge is 0.265 e. The van der Waals surface area contributed by atoms with E-state index in [0.717, 1.165) is 11.1 Å². The Morgan fingerprint density at radius 2 is 1.15 bits per heavy atom. The summed E-state index contributed by atoms with van der Waals surface area (Å²) >= 11 is 0. The van der Waals surface area contributed by atoms with Gasteiger partial charge in [-0.05, 0) is 92.8 Å². The molecule has 322 valence electrons. The predicted octanol–water partition coefficient (Wildman–Crippen LogP) is 6.89. The highest BCUT2D eigenvalue weighted by atomic mass is 28.4. The summed E-state index contributed by atoms with van der Waals surface area (Å²) in [6.45, 7) is 10.9. The highest BCUT2D eigenvalue weighted by Crippen LogP contribution is 2.54. The van der Waals surface area contributed by atoms with Crippen molar-refractivity contribution in [3.63, 3.8) is 0 Å². The molecule has 0 saturated heterocycles. The molecule has 15 heteroatoms. The maximum atomic E-state index is 14.3. The maximum Gasteiger partial charge on any atom is 0.265 e. The van der Waals surface area contributed by atoms with Crippen molar-refractivity contribution in [3.8, 4) is 11.8 Å². The third-order valence-electron chi connectivity index (χ3n) is 12.7. The Morgan fingerprint density at radius 1 is 0.705 bits per heavy atom. The summed E-state index contributed by atoms with van der Waals surface area (Å²) in [5, 5.41) is 19.0. The van der Waals surface area contributed by atoms with Crippen LogP contribution in [0.3, 0.4) is 0 Å². The van der Waals surface area contributed by atoms with Crippen LogP contribution in [0.1, 0.15) is 89.1 Å². The molecule has 1 N–H and O–H groups in total. The van der Waals surface area contributed by atoms with E-state index in [9.17, 15) is 24.3 Å². The van der Waals surface area contributed by atoms with Crippen molar-refractivity contribution in [2.75, 3.05) is 28.2 Å². The van der Waals surface area contributed by atoms with Crippen LogP contribution < -0.4 is 9.47 Å². The Kier molecular flexibility index (Phi) is 11.8. The van der Waals surface area contributed by atoms with Crippen molar-refractivity contribution in [2.45, 2.75) is 88.2 Å². The van der Waals surface area contributed by atoms with Crippen LogP contribution in [-0.2, 0) is 27.2 Å². The van der Waals surface area contributed by atoms with E-state index in [0.29, 0.717) is 24.4 Å². The van der Waals surface area contributed by atoms with E-state index < -0.39 is 54.7 Å². The second kappa shape index (κ2) is 16.5. The number of nitrogens with zero attached hydrogens (tertiary/aromatic N) is 4. The van der Waals surface area contributed by atoms with Gasteiger partial charge in [-0.3, -0.25) is 29.0 Å². The third-order valence-corrected chi connectivity index (χ3v) is 17.1. The second-order valence-corrected chi connectivity index (χ2v) is 22.8. The summed E-state index contributed by atoms with van der Waals surface area (Å²) in [5.74, 6) is -2.25. The van der Waals surface area contributed by atoms with E-state index in [1.54, 1.807) is 20.2 Å². The molecule has 4 aliphatic rings. The van der Waals surface area contributed by atoms with Gasteiger partial charge in [-0.2, -0.15) is 0 Å². The number of hydrogen-bond acceptors (Lipinski definition) is 14. The fraction of sp³-hybridized carbons (Fsp3) is 0.435. The van der Waals surface area contributed by atoms with Crippen LogP contribution in [0, 0.1) is 11.8 Å². The summed E-state index contributed by atoms with van der Waals surface area (Å²) in [7, 11) is 4.91. The SMILES string of the molecule is CN(C)[C@@H]1c2onc(OCc3ccccc3)c2C(=O)[C@@]2(O[Si](C)(C)C(C)(C)C)C(=O)C=CC[C@@H]12.CN(C)[C@H]1c2onc(OCc3ccccc3)c2C(=O)[C@@]2(O)C(=O)C=CC[C@@H]12. The summed E-state index contributed by atoms with van der Waals surface area (Å²) < 4.78 is 29.7. The van der Waals surface area contributed by atoms with Crippen LogP contribution in [0.2, 0.25) is 18.1 Å².